The molecule has 0 aliphatic carbocycles. The molecule has 0 spiro atoms. The molecule has 0 aliphatic heterocycles. The lowest BCUT2D eigenvalue weighted by atomic mass is 10.2. The lowest BCUT2D eigenvalue weighted by Gasteiger charge is -2.26. The number of aliphatic carboxylic acids is 1. The van der Waals surface area contributed by atoms with Crippen LogP contribution in [0.1, 0.15) is 20.3 Å². The minimum absolute atomic E-state index is 0.0847. The van der Waals surface area contributed by atoms with Crippen molar-refractivity contribution >= 4 is 11.9 Å². The number of carboxylic acid groups (broad SMARTS) is 1. The number of hydrogen-bond acceptors (Lipinski definition) is 4. The fraction of sp³-hybridized carbons (Fsp3) is 0.467. The lowest BCUT2D eigenvalue weighted by molar-refractivity contribution is -0.139. The molecule has 0 heterocycles. The molecule has 0 bridgehead atoms. The van der Waals surface area contributed by atoms with Crippen LogP contribution in [0.4, 0.5) is 0 Å². The summed E-state index contributed by atoms with van der Waals surface area (Å²) in [6.07, 6.45) is -0.0847. The second-order valence-electron chi connectivity index (χ2n) is 4.76. The second kappa shape index (κ2) is 8.14. The van der Waals surface area contributed by atoms with Crippen molar-refractivity contribution in [3.63, 3.8) is 0 Å². The molecule has 1 aromatic rings. The first kappa shape index (κ1) is 16.8. The smallest absolute Gasteiger partial charge is 0.305 e. The molecule has 21 heavy (non-hydrogen) atoms. The largest absolute Gasteiger partial charge is 0.493 e. The third-order valence-electron chi connectivity index (χ3n) is 2.93. The number of rotatable bonds is 8. The maximum absolute atomic E-state index is 12.1. The van der Waals surface area contributed by atoms with Crippen molar-refractivity contribution < 1.29 is 24.2 Å². The highest BCUT2D eigenvalue weighted by atomic mass is 16.5. The summed E-state index contributed by atoms with van der Waals surface area (Å²) in [5, 5.41) is 8.72. The number of para-hydroxylation sites is 2. The highest BCUT2D eigenvalue weighted by Crippen LogP contribution is 2.25. The Morgan fingerprint density at radius 1 is 1.24 bits per heavy atom. The van der Waals surface area contributed by atoms with Gasteiger partial charge in [-0.25, -0.2) is 0 Å². The Balaban J connectivity index is 2.63. The summed E-state index contributed by atoms with van der Waals surface area (Å²) in [4.78, 5) is 24.3. The molecule has 0 aliphatic rings. The standard InChI is InChI=1S/C15H21NO5/c1-11(2)16(9-8-15(18)19)14(17)10-21-13-7-5-4-6-12(13)20-3/h4-7,11H,8-10H2,1-3H3,(H,18,19). The first-order valence-corrected chi connectivity index (χ1v) is 6.72. The molecule has 1 aromatic carbocycles. The van der Waals surface area contributed by atoms with Crippen molar-refractivity contribution in [1.82, 2.24) is 4.90 Å². The van der Waals surface area contributed by atoms with E-state index >= 15 is 0 Å². The minimum atomic E-state index is -0.931. The molecule has 0 unspecified atom stereocenters. The van der Waals surface area contributed by atoms with Crippen LogP contribution in [0.5, 0.6) is 11.5 Å². The Morgan fingerprint density at radius 2 is 1.86 bits per heavy atom. The molecule has 0 aromatic heterocycles. The Labute approximate surface area is 124 Å². The van der Waals surface area contributed by atoms with Crippen LogP contribution in [-0.2, 0) is 9.59 Å². The van der Waals surface area contributed by atoms with Gasteiger partial charge in [-0.3, -0.25) is 9.59 Å². The first-order chi connectivity index (χ1) is 9.95. The van der Waals surface area contributed by atoms with Gasteiger partial charge in [0.05, 0.1) is 13.5 Å². The number of benzene rings is 1. The molecule has 0 fully saturated rings. The van der Waals surface area contributed by atoms with Gasteiger partial charge >= 0.3 is 5.97 Å². The number of hydrogen-bond donors (Lipinski definition) is 1. The van der Waals surface area contributed by atoms with Crippen LogP contribution in [0.2, 0.25) is 0 Å². The molecular weight excluding hydrogens is 274 g/mol. The van der Waals surface area contributed by atoms with Gasteiger partial charge in [0.25, 0.3) is 5.91 Å². The SMILES string of the molecule is COc1ccccc1OCC(=O)N(CCC(=O)O)C(C)C. The molecule has 0 saturated carbocycles. The van der Waals surface area contributed by atoms with Crippen LogP contribution in [0, 0.1) is 0 Å². The highest BCUT2D eigenvalue weighted by molar-refractivity contribution is 5.78. The van der Waals surface area contributed by atoms with Gasteiger partial charge in [-0.1, -0.05) is 12.1 Å². The van der Waals surface area contributed by atoms with E-state index in [1.165, 1.54) is 12.0 Å². The van der Waals surface area contributed by atoms with E-state index in [0.717, 1.165) is 0 Å². The average Bonchev–Trinajstić information content (AvgIpc) is 2.44. The number of carboxylic acids is 1. The van der Waals surface area contributed by atoms with E-state index in [1.54, 1.807) is 24.3 Å². The van der Waals surface area contributed by atoms with Crippen LogP contribution >= 0.6 is 0 Å². The van der Waals surface area contributed by atoms with Crippen molar-refractivity contribution in [2.75, 3.05) is 20.3 Å². The molecular formula is C15H21NO5. The average molecular weight is 295 g/mol. The quantitative estimate of drug-likeness (QED) is 0.791. The monoisotopic (exact) mass is 295 g/mol. The topological polar surface area (TPSA) is 76.1 Å². The van der Waals surface area contributed by atoms with Crippen molar-refractivity contribution in [2.45, 2.75) is 26.3 Å². The third-order valence-corrected chi connectivity index (χ3v) is 2.93. The molecule has 1 amide bonds. The summed E-state index contributed by atoms with van der Waals surface area (Å²) >= 11 is 0. The number of methoxy groups -OCH3 is 1. The summed E-state index contributed by atoms with van der Waals surface area (Å²) in [7, 11) is 1.53. The van der Waals surface area contributed by atoms with Crippen LogP contribution in [0.25, 0.3) is 0 Å². The molecule has 1 rings (SSSR count). The summed E-state index contributed by atoms with van der Waals surface area (Å²) in [5.74, 6) is -0.154. The Morgan fingerprint density at radius 3 is 2.38 bits per heavy atom. The Kier molecular flexibility index (Phi) is 6.52. The first-order valence-electron chi connectivity index (χ1n) is 6.72. The van der Waals surface area contributed by atoms with Crippen molar-refractivity contribution in [2.24, 2.45) is 0 Å². The normalized spacial score (nSPS) is 10.3. The van der Waals surface area contributed by atoms with Crippen molar-refractivity contribution in [3.8, 4) is 11.5 Å². The van der Waals surface area contributed by atoms with E-state index in [0.29, 0.717) is 11.5 Å². The van der Waals surface area contributed by atoms with E-state index < -0.39 is 5.97 Å². The number of carbonyl (C=O) groups is 2. The second-order valence-corrected chi connectivity index (χ2v) is 4.76. The summed E-state index contributed by atoms with van der Waals surface area (Å²) in [6, 6.07) is 6.96. The highest BCUT2D eigenvalue weighted by Gasteiger charge is 2.19. The zero-order chi connectivity index (χ0) is 15.8. The molecule has 0 radical (unpaired) electrons. The van der Waals surface area contributed by atoms with E-state index in [4.69, 9.17) is 14.6 Å². The molecule has 1 N–H and O–H groups in total. The Hall–Kier alpha value is -2.24. The maximum Gasteiger partial charge on any atom is 0.305 e. The van der Waals surface area contributed by atoms with Crippen LogP contribution in [-0.4, -0.2) is 48.2 Å². The molecule has 116 valence electrons. The van der Waals surface area contributed by atoms with E-state index in [-0.39, 0.29) is 31.5 Å². The van der Waals surface area contributed by atoms with Gasteiger partial charge in [-0.2, -0.15) is 0 Å². The minimum Gasteiger partial charge on any atom is -0.493 e. The molecule has 0 atom stereocenters. The predicted molar refractivity (Wildman–Crippen MR) is 77.6 cm³/mol. The van der Waals surface area contributed by atoms with Gasteiger partial charge in [0.2, 0.25) is 0 Å². The molecule has 6 nitrogen and oxygen atoms in total. The van der Waals surface area contributed by atoms with Gasteiger partial charge in [-0.05, 0) is 26.0 Å². The number of ether oxygens (including phenoxy) is 2. The van der Waals surface area contributed by atoms with Crippen molar-refractivity contribution in [3.05, 3.63) is 24.3 Å². The van der Waals surface area contributed by atoms with Gasteiger partial charge in [0.1, 0.15) is 0 Å². The zero-order valence-corrected chi connectivity index (χ0v) is 12.5. The van der Waals surface area contributed by atoms with Crippen LogP contribution in [0.3, 0.4) is 0 Å². The van der Waals surface area contributed by atoms with Gasteiger partial charge < -0.3 is 19.5 Å². The summed E-state index contributed by atoms with van der Waals surface area (Å²) < 4.78 is 10.6. The van der Waals surface area contributed by atoms with E-state index in [9.17, 15) is 9.59 Å². The predicted octanol–water partition coefficient (Wildman–Crippen LogP) is 1.79. The number of carbonyl (C=O) groups excluding carboxylic acids is 1. The van der Waals surface area contributed by atoms with Crippen LogP contribution in [0.15, 0.2) is 24.3 Å². The molecule has 0 saturated heterocycles. The van der Waals surface area contributed by atoms with Crippen molar-refractivity contribution in [1.29, 1.82) is 0 Å². The fourth-order valence-corrected chi connectivity index (χ4v) is 1.85. The maximum atomic E-state index is 12.1. The summed E-state index contributed by atoms with van der Waals surface area (Å²) in [5.41, 5.74) is 0. The van der Waals surface area contributed by atoms with Crippen LogP contribution < -0.4 is 9.47 Å². The summed E-state index contributed by atoms with van der Waals surface area (Å²) in [6.45, 7) is 3.69. The lowest BCUT2D eigenvalue weighted by Crippen LogP contribution is -2.41. The van der Waals surface area contributed by atoms with Gasteiger partial charge in [-0.15, -0.1) is 0 Å². The molecule has 6 heteroatoms. The zero-order valence-electron chi connectivity index (χ0n) is 12.5. The number of amides is 1. The number of nitrogens with zero attached hydrogens (tertiary/aromatic N) is 1. The third kappa shape index (κ3) is 5.33. The van der Waals surface area contributed by atoms with E-state index in [2.05, 4.69) is 0 Å². The van der Waals surface area contributed by atoms with Gasteiger partial charge in [0.15, 0.2) is 18.1 Å². The van der Waals surface area contributed by atoms with E-state index in [1.807, 2.05) is 13.8 Å². The Bertz CT molecular complexity index is 487. The fourth-order valence-electron chi connectivity index (χ4n) is 1.85. The van der Waals surface area contributed by atoms with Gasteiger partial charge in [0, 0.05) is 12.6 Å².